The van der Waals surface area contributed by atoms with Crippen LogP contribution in [0.3, 0.4) is 0 Å². The van der Waals surface area contributed by atoms with Gasteiger partial charge in [-0.15, -0.1) is 0 Å². The Morgan fingerprint density at radius 3 is 1.95 bits per heavy atom. The van der Waals surface area contributed by atoms with Crippen LogP contribution in [0.2, 0.25) is 0 Å². The van der Waals surface area contributed by atoms with Gasteiger partial charge in [-0.3, -0.25) is 0 Å². The normalized spacial score (nSPS) is 12.5. The van der Waals surface area contributed by atoms with Crippen LogP contribution in [0.25, 0.3) is 0 Å². The Morgan fingerprint density at radius 1 is 0.952 bits per heavy atom. The molecule has 0 aliphatic rings. The van der Waals surface area contributed by atoms with Crippen LogP contribution in [0.4, 0.5) is 4.39 Å². The molecule has 2 rings (SSSR count). The molecule has 1 atom stereocenters. The van der Waals surface area contributed by atoms with E-state index in [1.54, 1.807) is 0 Å². The lowest BCUT2D eigenvalue weighted by Gasteiger charge is -2.25. The van der Waals surface area contributed by atoms with Crippen molar-refractivity contribution in [2.45, 2.75) is 40.7 Å². The lowest BCUT2D eigenvalue weighted by molar-refractivity contribution is 0.610. The third-order valence-corrected chi connectivity index (χ3v) is 4.32. The van der Waals surface area contributed by atoms with Crippen molar-refractivity contribution in [3.05, 3.63) is 69.5 Å². The maximum atomic E-state index is 13.2. The second-order valence-corrected chi connectivity index (χ2v) is 5.72. The minimum Gasteiger partial charge on any atom is -0.307 e. The molecule has 1 unspecified atom stereocenters. The molecular weight excluding hydrogens is 261 g/mol. The Labute approximate surface area is 127 Å². The summed E-state index contributed by atoms with van der Waals surface area (Å²) in [5.41, 5.74) is 7.66. The summed E-state index contributed by atoms with van der Waals surface area (Å²) in [7, 11) is 0. The minimum absolute atomic E-state index is 0.106. The zero-order valence-electron chi connectivity index (χ0n) is 13.5. The van der Waals surface area contributed by atoms with Crippen LogP contribution in [0.5, 0.6) is 0 Å². The lowest BCUT2D eigenvalue weighted by atomic mass is 9.86. The van der Waals surface area contributed by atoms with E-state index in [4.69, 9.17) is 0 Å². The fourth-order valence-corrected chi connectivity index (χ4v) is 2.93. The zero-order chi connectivity index (χ0) is 15.6. The number of benzene rings is 2. The van der Waals surface area contributed by atoms with Crippen molar-refractivity contribution in [1.29, 1.82) is 0 Å². The maximum absolute atomic E-state index is 13.2. The van der Waals surface area contributed by atoms with E-state index in [1.807, 2.05) is 12.1 Å². The Morgan fingerprint density at radius 2 is 1.48 bits per heavy atom. The molecule has 2 heteroatoms. The molecule has 1 N–H and O–H groups in total. The first-order chi connectivity index (χ1) is 9.95. The fourth-order valence-electron chi connectivity index (χ4n) is 2.93. The summed E-state index contributed by atoms with van der Waals surface area (Å²) in [6, 6.07) is 9.16. The van der Waals surface area contributed by atoms with E-state index in [1.165, 1.54) is 39.9 Å². The SMILES string of the molecule is CCNC(c1ccc(F)cc1)c1c(C)c(C)cc(C)c1C. The second-order valence-electron chi connectivity index (χ2n) is 5.72. The number of hydrogen-bond donors (Lipinski definition) is 1. The van der Waals surface area contributed by atoms with Crippen molar-refractivity contribution in [2.24, 2.45) is 0 Å². The van der Waals surface area contributed by atoms with Gasteiger partial charge in [-0.1, -0.05) is 25.1 Å². The smallest absolute Gasteiger partial charge is 0.123 e. The van der Waals surface area contributed by atoms with Crippen LogP contribution >= 0.6 is 0 Å². The number of aryl methyl sites for hydroxylation is 2. The summed E-state index contributed by atoms with van der Waals surface area (Å²) in [6.07, 6.45) is 0. The summed E-state index contributed by atoms with van der Waals surface area (Å²) in [5, 5.41) is 3.55. The van der Waals surface area contributed by atoms with E-state index in [0.29, 0.717) is 0 Å². The molecule has 2 aromatic carbocycles. The molecule has 0 aliphatic carbocycles. The first kappa shape index (κ1) is 15.7. The maximum Gasteiger partial charge on any atom is 0.123 e. The average molecular weight is 285 g/mol. The summed E-state index contributed by atoms with van der Waals surface area (Å²) in [4.78, 5) is 0. The summed E-state index contributed by atoms with van der Waals surface area (Å²) in [6.45, 7) is 11.6. The third kappa shape index (κ3) is 3.16. The van der Waals surface area contributed by atoms with E-state index < -0.39 is 0 Å². The quantitative estimate of drug-likeness (QED) is 0.854. The summed E-state index contributed by atoms with van der Waals surface area (Å²) in [5.74, 6) is -0.192. The van der Waals surface area contributed by atoms with Gasteiger partial charge in [-0.25, -0.2) is 4.39 Å². The second kappa shape index (κ2) is 6.40. The number of nitrogens with one attached hydrogen (secondary N) is 1. The van der Waals surface area contributed by atoms with Gasteiger partial charge in [0.2, 0.25) is 0 Å². The Kier molecular flexibility index (Phi) is 4.79. The van der Waals surface area contributed by atoms with Crippen molar-refractivity contribution < 1.29 is 4.39 Å². The standard InChI is InChI=1S/C19H24FN/c1-6-21-19(16-7-9-17(20)10-8-16)18-14(4)12(2)11-13(3)15(18)5/h7-11,19,21H,6H2,1-5H3. The van der Waals surface area contributed by atoms with E-state index >= 15 is 0 Å². The highest BCUT2D eigenvalue weighted by molar-refractivity contribution is 5.48. The summed E-state index contributed by atoms with van der Waals surface area (Å²) < 4.78 is 13.2. The minimum atomic E-state index is -0.192. The number of rotatable bonds is 4. The highest BCUT2D eigenvalue weighted by Gasteiger charge is 2.19. The van der Waals surface area contributed by atoms with Crippen molar-refractivity contribution in [3.63, 3.8) is 0 Å². The van der Waals surface area contributed by atoms with Crippen LogP contribution in [-0.4, -0.2) is 6.54 Å². The van der Waals surface area contributed by atoms with Gasteiger partial charge >= 0.3 is 0 Å². The van der Waals surface area contributed by atoms with Crippen LogP contribution in [0.15, 0.2) is 30.3 Å². The van der Waals surface area contributed by atoms with E-state index in [2.05, 4.69) is 46.0 Å². The average Bonchev–Trinajstić information content (AvgIpc) is 2.45. The molecule has 0 heterocycles. The van der Waals surface area contributed by atoms with Crippen LogP contribution in [0, 0.1) is 33.5 Å². The highest BCUT2D eigenvalue weighted by Crippen LogP contribution is 2.31. The first-order valence-electron chi connectivity index (χ1n) is 7.51. The number of hydrogen-bond acceptors (Lipinski definition) is 1. The van der Waals surface area contributed by atoms with E-state index in [-0.39, 0.29) is 11.9 Å². The highest BCUT2D eigenvalue weighted by atomic mass is 19.1. The molecule has 0 aliphatic heterocycles. The Balaban J connectivity index is 2.60. The Hall–Kier alpha value is -1.67. The lowest BCUT2D eigenvalue weighted by Crippen LogP contribution is -2.24. The van der Waals surface area contributed by atoms with Crippen LogP contribution < -0.4 is 5.32 Å². The Bertz CT molecular complexity index is 603. The molecule has 0 aromatic heterocycles. The van der Waals surface area contributed by atoms with Crippen molar-refractivity contribution in [1.82, 2.24) is 5.32 Å². The molecule has 0 amide bonds. The molecule has 0 radical (unpaired) electrons. The molecule has 0 spiro atoms. The molecule has 1 nitrogen and oxygen atoms in total. The molecule has 0 saturated carbocycles. The van der Waals surface area contributed by atoms with Gasteiger partial charge in [0.25, 0.3) is 0 Å². The summed E-state index contributed by atoms with van der Waals surface area (Å²) >= 11 is 0. The van der Waals surface area contributed by atoms with E-state index in [0.717, 1.165) is 12.1 Å². The van der Waals surface area contributed by atoms with Crippen molar-refractivity contribution in [3.8, 4) is 0 Å². The van der Waals surface area contributed by atoms with Gasteiger partial charge in [0.15, 0.2) is 0 Å². The molecule has 0 saturated heterocycles. The molecule has 0 fully saturated rings. The molecule has 21 heavy (non-hydrogen) atoms. The van der Waals surface area contributed by atoms with Crippen LogP contribution in [0.1, 0.15) is 46.3 Å². The predicted octanol–water partition coefficient (Wildman–Crippen LogP) is 4.76. The molecule has 112 valence electrons. The zero-order valence-corrected chi connectivity index (χ0v) is 13.5. The van der Waals surface area contributed by atoms with Gasteiger partial charge in [0.1, 0.15) is 5.82 Å². The van der Waals surface area contributed by atoms with Gasteiger partial charge < -0.3 is 5.32 Å². The third-order valence-electron chi connectivity index (χ3n) is 4.32. The largest absolute Gasteiger partial charge is 0.307 e. The van der Waals surface area contributed by atoms with Gasteiger partial charge in [-0.05, 0) is 79.8 Å². The predicted molar refractivity (Wildman–Crippen MR) is 87.3 cm³/mol. The first-order valence-corrected chi connectivity index (χ1v) is 7.51. The van der Waals surface area contributed by atoms with Crippen molar-refractivity contribution in [2.75, 3.05) is 6.54 Å². The van der Waals surface area contributed by atoms with Crippen molar-refractivity contribution >= 4 is 0 Å². The molecule has 0 bridgehead atoms. The van der Waals surface area contributed by atoms with E-state index in [9.17, 15) is 4.39 Å². The molecular formula is C19H24FN. The van der Waals surface area contributed by atoms with Gasteiger partial charge in [-0.2, -0.15) is 0 Å². The monoisotopic (exact) mass is 285 g/mol. The van der Waals surface area contributed by atoms with Crippen LogP contribution in [-0.2, 0) is 0 Å². The fraction of sp³-hybridized carbons (Fsp3) is 0.368. The molecule has 2 aromatic rings. The topological polar surface area (TPSA) is 12.0 Å². The number of halogens is 1. The van der Waals surface area contributed by atoms with Gasteiger partial charge in [0, 0.05) is 0 Å². The van der Waals surface area contributed by atoms with Gasteiger partial charge in [0.05, 0.1) is 6.04 Å².